The van der Waals surface area contributed by atoms with E-state index in [1.165, 1.54) is 25.3 Å². The molecule has 5 rings (SSSR count). The van der Waals surface area contributed by atoms with Gasteiger partial charge in [-0.25, -0.2) is 0 Å². The number of nitrogens with zero attached hydrogens (tertiary/aromatic N) is 3. The van der Waals surface area contributed by atoms with Crippen LogP contribution in [0.4, 0.5) is 22.7 Å². The summed E-state index contributed by atoms with van der Waals surface area (Å²) in [5.74, 6) is -0.631. The van der Waals surface area contributed by atoms with E-state index in [1.807, 2.05) is 36.4 Å². The van der Waals surface area contributed by atoms with Gasteiger partial charge in [0.25, 0.3) is 11.6 Å². The fourth-order valence-corrected chi connectivity index (χ4v) is 4.08. The van der Waals surface area contributed by atoms with E-state index in [0.29, 0.717) is 22.2 Å². The van der Waals surface area contributed by atoms with Crippen molar-refractivity contribution in [2.24, 2.45) is 10.2 Å². The van der Waals surface area contributed by atoms with Crippen LogP contribution in [0.25, 0.3) is 21.5 Å². The maximum atomic E-state index is 13.3. The maximum absolute atomic E-state index is 13.3. The van der Waals surface area contributed by atoms with Crippen molar-refractivity contribution in [1.29, 1.82) is 0 Å². The standard InChI is InChI=1S/C28H20N4O5/c1-37-19-13-14-24(25(16-19)32(35)36)30-31-26-21-11-5-3-8-18(21)15-22(27(26)33)28(34)29-23-12-6-9-17-7-2-4-10-20(17)23/h2-16,33H,1H3,(H,29,34). The van der Waals surface area contributed by atoms with Crippen molar-refractivity contribution in [2.45, 2.75) is 0 Å². The highest BCUT2D eigenvalue weighted by Gasteiger charge is 2.20. The topological polar surface area (TPSA) is 126 Å². The monoisotopic (exact) mass is 492 g/mol. The van der Waals surface area contributed by atoms with Crippen LogP contribution < -0.4 is 10.1 Å². The first-order valence-corrected chi connectivity index (χ1v) is 11.2. The zero-order chi connectivity index (χ0) is 25.9. The molecule has 0 atom stereocenters. The van der Waals surface area contributed by atoms with E-state index in [4.69, 9.17) is 4.74 Å². The number of hydrogen-bond acceptors (Lipinski definition) is 7. The van der Waals surface area contributed by atoms with Crippen molar-refractivity contribution in [2.75, 3.05) is 12.4 Å². The molecule has 1 amide bonds. The van der Waals surface area contributed by atoms with Crippen LogP contribution in [0.15, 0.2) is 101 Å². The number of hydrogen-bond donors (Lipinski definition) is 2. The first-order chi connectivity index (χ1) is 18.0. The van der Waals surface area contributed by atoms with Crippen molar-refractivity contribution in [3.63, 3.8) is 0 Å². The Bertz CT molecular complexity index is 1710. The molecule has 9 heteroatoms. The number of phenols is 1. The van der Waals surface area contributed by atoms with Crippen molar-refractivity contribution >= 4 is 50.2 Å². The summed E-state index contributed by atoms with van der Waals surface area (Å²) in [6, 6.07) is 25.9. The molecule has 0 aliphatic carbocycles. The molecule has 0 radical (unpaired) electrons. The second-order valence-corrected chi connectivity index (χ2v) is 8.14. The number of rotatable bonds is 6. The highest BCUT2D eigenvalue weighted by Crippen LogP contribution is 2.41. The summed E-state index contributed by atoms with van der Waals surface area (Å²) in [6.45, 7) is 0. The van der Waals surface area contributed by atoms with Crippen LogP contribution in [0.5, 0.6) is 11.5 Å². The Hall–Kier alpha value is -5.31. The van der Waals surface area contributed by atoms with Gasteiger partial charge in [-0.1, -0.05) is 60.7 Å². The van der Waals surface area contributed by atoms with Crippen LogP contribution in [0.1, 0.15) is 10.4 Å². The number of ether oxygens (including phenoxy) is 1. The summed E-state index contributed by atoms with van der Waals surface area (Å²) in [6.07, 6.45) is 0. The maximum Gasteiger partial charge on any atom is 0.300 e. The van der Waals surface area contributed by atoms with Crippen LogP contribution in [0.2, 0.25) is 0 Å². The van der Waals surface area contributed by atoms with Gasteiger partial charge in [-0.05, 0) is 35.0 Å². The molecule has 37 heavy (non-hydrogen) atoms. The predicted molar refractivity (Wildman–Crippen MR) is 141 cm³/mol. The van der Waals surface area contributed by atoms with Crippen LogP contribution in [-0.4, -0.2) is 23.0 Å². The first kappa shape index (κ1) is 23.4. The number of amides is 1. The molecule has 0 aromatic heterocycles. The molecule has 0 aliphatic rings. The van der Waals surface area contributed by atoms with Gasteiger partial charge in [-0.2, -0.15) is 0 Å². The molecule has 0 saturated heterocycles. The van der Waals surface area contributed by atoms with Gasteiger partial charge in [0.2, 0.25) is 0 Å². The Morgan fingerprint density at radius 1 is 0.892 bits per heavy atom. The van der Waals surface area contributed by atoms with Gasteiger partial charge in [0.05, 0.1) is 23.7 Å². The lowest BCUT2D eigenvalue weighted by molar-refractivity contribution is -0.384. The SMILES string of the molecule is COc1ccc(N=Nc2c(O)c(C(=O)Nc3cccc4ccccc34)cc3ccccc23)c([N+](=O)[O-])c1. The van der Waals surface area contributed by atoms with Crippen LogP contribution in [0, 0.1) is 10.1 Å². The molecule has 182 valence electrons. The third-order valence-corrected chi connectivity index (χ3v) is 5.91. The number of nitro benzene ring substituents is 1. The van der Waals surface area contributed by atoms with Gasteiger partial charge in [0.15, 0.2) is 11.4 Å². The molecule has 0 bridgehead atoms. The van der Waals surface area contributed by atoms with E-state index in [1.54, 1.807) is 36.4 Å². The average molecular weight is 492 g/mol. The van der Waals surface area contributed by atoms with Crippen molar-refractivity contribution < 1.29 is 19.6 Å². The normalized spacial score (nSPS) is 11.2. The van der Waals surface area contributed by atoms with Gasteiger partial charge < -0.3 is 15.2 Å². The van der Waals surface area contributed by atoms with E-state index < -0.39 is 16.6 Å². The van der Waals surface area contributed by atoms with E-state index in [9.17, 15) is 20.0 Å². The molecular weight excluding hydrogens is 472 g/mol. The minimum atomic E-state index is -0.594. The molecule has 0 heterocycles. The smallest absolute Gasteiger partial charge is 0.300 e. The Morgan fingerprint density at radius 2 is 1.59 bits per heavy atom. The summed E-state index contributed by atoms with van der Waals surface area (Å²) >= 11 is 0. The minimum Gasteiger partial charge on any atom is -0.505 e. The van der Waals surface area contributed by atoms with Crippen LogP contribution in [-0.2, 0) is 0 Å². The summed E-state index contributed by atoms with van der Waals surface area (Å²) in [5, 5.41) is 36.7. The number of aromatic hydroxyl groups is 1. The number of anilines is 1. The number of carbonyl (C=O) groups excluding carboxylic acids is 1. The Kier molecular flexibility index (Phi) is 6.17. The lowest BCUT2D eigenvalue weighted by Crippen LogP contribution is -2.12. The largest absolute Gasteiger partial charge is 0.505 e. The number of benzene rings is 5. The molecule has 0 aliphatic heterocycles. The average Bonchev–Trinajstić information content (AvgIpc) is 2.92. The van der Waals surface area contributed by atoms with Crippen molar-refractivity contribution in [1.82, 2.24) is 0 Å². The Labute approximate surface area is 210 Å². The summed E-state index contributed by atoms with van der Waals surface area (Å²) < 4.78 is 5.06. The number of carbonyl (C=O) groups is 1. The quantitative estimate of drug-likeness (QED) is 0.146. The molecule has 0 fully saturated rings. The molecular formula is C28H20N4O5. The van der Waals surface area contributed by atoms with Crippen molar-refractivity contribution in [3.05, 3.63) is 107 Å². The molecule has 2 N–H and O–H groups in total. The highest BCUT2D eigenvalue weighted by atomic mass is 16.6. The number of nitrogens with one attached hydrogen (secondary N) is 1. The third-order valence-electron chi connectivity index (χ3n) is 5.91. The van der Waals surface area contributed by atoms with Crippen LogP contribution >= 0.6 is 0 Å². The molecule has 5 aromatic rings. The fraction of sp³-hybridized carbons (Fsp3) is 0.0357. The third kappa shape index (κ3) is 4.53. The van der Waals surface area contributed by atoms with Crippen molar-refractivity contribution in [3.8, 4) is 11.5 Å². The number of fused-ring (bicyclic) bond motifs is 2. The van der Waals surface area contributed by atoms with E-state index in [2.05, 4.69) is 15.5 Å². The molecule has 0 unspecified atom stereocenters. The zero-order valence-corrected chi connectivity index (χ0v) is 19.6. The van der Waals surface area contributed by atoms with E-state index in [-0.39, 0.29) is 22.6 Å². The highest BCUT2D eigenvalue weighted by molar-refractivity contribution is 6.14. The van der Waals surface area contributed by atoms with Gasteiger partial charge >= 0.3 is 0 Å². The van der Waals surface area contributed by atoms with Gasteiger partial charge in [0.1, 0.15) is 11.4 Å². The van der Waals surface area contributed by atoms with Crippen LogP contribution in [0.3, 0.4) is 0 Å². The Balaban J connectivity index is 1.59. The second-order valence-electron chi connectivity index (χ2n) is 8.14. The summed E-state index contributed by atoms with van der Waals surface area (Å²) in [4.78, 5) is 24.3. The van der Waals surface area contributed by atoms with Gasteiger partial charge in [-0.3, -0.25) is 14.9 Å². The van der Waals surface area contributed by atoms with Gasteiger partial charge in [0, 0.05) is 16.5 Å². The lowest BCUT2D eigenvalue weighted by Gasteiger charge is -2.12. The molecule has 0 saturated carbocycles. The lowest BCUT2D eigenvalue weighted by atomic mass is 10.0. The zero-order valence-electron chi connectivity index (χ0n) is 19.6. The van der Waals surface area contributed by atoms with E-state index in [0.717, 1.165) is 10.8 Å². The second kappa shape index (κ2) is 9.74. The fourth-order valence-electron chi connectivity index (χ4n) is 4.08. The minimum absolute atomic E-state index is 0.00943. The number of methoxy groups -OCH3 is 1. The first-order valence-electron chi connectivity index (χ1n) is 11.2. The summed E-state index contributed by atoms with van der Waals surface area (Å²) in [7, 11) is 1.40. The van der Waals surface area contributed by atoms with Gasteiger partial charge in [-0.15, -0.1) is 10.2 Å². The Morgan fingerprint density at radius 3 is 2.35 bits per heavy atom. The summed E-state index contributed by atoms with van der Waals surface area (Å²) in [5.41, 5.74) is 0.264. The number of phenolic OH excluding ortho intramolecular Hbond substituents is 1. The molecule has 5 aromatic carbocycles. The number of nitro groups is 1. The van der Waals surface area contributed by atoms with E-state index >= 15 is 0 Å². The number of azo groups is 1. The molecule has 9 nitrogen and oxygen atoms in total. The molecule has 0 spiro atoms. The predicted octanol–water partition coefficient (Wildman–Crippen LogP) is 7.28.